The first kappa shape index (κ1) is 14.2. The largest absolute Gasteiger partial charge is 0.496 e. The Morgan fingerprint density at radius 1 is 1.11 bits per heavy atom. The van der Waals surface area contributed by atoms with Crippen LogP contribution in [0.4, 0.5) is 5.69 Å². The molecule has 1 aliphatic carbocycles. The van der Waals surface area contributed by atoms with Crippen LogP contribution in [0, 0.1) is 11.3 Å². The summed E-state index contributed by atoms with van der Waals surface area (Å²) in [6.45, 7) is 7.09. The van der Waals surface area contributed by atoms with E-state index < -0.39 is 0 Å². The molecule has 19 heavy (non-hydrogen) atoms. The third-order valence-corrected chi connectivity index (χ3v) is 4.65. The number of benzene rings is 1. The van der Waals surface area contributed by atoms with E-state index in [1.807, 2.05) is 12.1 Å². The molecule has 0 spiro atoms. The van der Waals surface area contributed by atoms with E-state index in [9.17, 15) is 0 Å². The van der Waals surface area contributed by atoms with E-state index in [1.54, 1.807) is 7.11 Å². The van der Waals surface area contributed by atoms with E-state index in [4.69, 9.17) is 10.5 Å². The fourth-order valence-electron chi connectivity index (χ4n) is 3.34. The van der Waals surface area contributed by atoms with Crippen molar-refractivity contribution in [3.63, 3.8) is 0 Å². The van der Waals surface area contributed by atoms with E-state index in [1.165, 1.54) is 31.2 Å². The van der Waals surface area contributed by atoms with Gasteiger partial charge < -0.3 is 10.5 Å². The first-order valence-corrected chi connectivity index (χ1v) is 7.35. The minimum Gasteiger partial charge on any atom is -0.496 e. The highest BCUT2D eigenvalue weighted by molar-refractivity contribution is 5.49. The van der Waals surface area contributed by atoms with Gasteiger partial charge in [-0.15, -0.1) is 0 Å². The summed E-state index contributed by atoms with van der Waals surface area (Å²) in [5.74, 6) is 2.44. The van der Waals surface area contributed by atoms with Gasteiger partial charge in [0.1, 0.15) is 5.75 Å². The molecular weight excluding hydrogens is 234 g/mol. The molecule has 2 nitrogen and oxygen atoms in total. The topological polar surface area (TPSA) is 35.2 Å². The van der Waals surface area contributed by atoms with Crippen molar-refractivity contribution in [3.8, 4) is 5.75 Å². The molecule has 0 radical (unpaired) electrons. The van der Waals surface area contributed by atoms with Crippen molar-refractivity contribution in [2.75, 3.05) is 12.8 Å². The molecule has 0 unspecified atom stereocenters. The first-order chi connectivity index (χ1) is 8.91. The van der Waals surface area contributed by atoms with Crippen molar-refractivity contribution < 1.29 is 4.74 Å². The lowest BCUT2D eigenvalue weighted by Gasteiger charge is -2.37. The van der Waals surface area contributed by atoms with Gasteiger partial charge in [-0.2, -0.15) is 0 Å². The van der Waals surface area contributed by atoms with Gasteiger partial charge in [0.15, 0.2) is 0 Å². The Labute approximate surface area is 117 Å². The first-order valence-electron chi connectivity index (χ1n) is 7.35. The Bertz CT molecular complexity index is 425. The van der Waals surface area contributed by atoms with Gasteiger partial charge in [0.05, 0.1) is 7.11 Å². The van der Waals surface area contributed by atoms with Crippen molar-refractivity contribution in [1.29, 1.82) is 0 Å². The van der Waals surface area contributed by atoms with Crippen LogP contribution in [0.15, 0.2) is 18.2 Å². The number of methoxy groups -OCH3 is 1. The highest BCUT2D eigenvalue weighted by Gasteiger charge is 2.31. The molecule has 1 saturated carbocycles. The summed E-state index contributed by atoms with van der Waals surface area (Å²) in [5, 5.41) is 0. The number of nitrogens with two attached hydrogens (primary N) is 1. The zero-order chi connectivity index (χ0) is 14.0. The molecule has 1 aromatic carbocycles. The fraction of sp³-hybridized carbons (Fsp3) is 0.647. The number of hydrogen-bond acceptors (Lipinski definition) is 2. The molecular formula is C17H27NO. The van der Waals surface area contributed by atoms with E-state index in [2.05, 4.69) is 26.8 Å². The van der Waals surface area contributed by atoms with Crippen molar-refractivity contribution in [3.05, 3.63) is 23.8 Å². The van der Waals surface area contributed by atoms with Crippen LogP contribution < -0.4 is 10.5 Å². The molecule has 1 fully saturated rings. The van der Waals surface area contributed by atoms with Crippen molar-refractivity contribution in [2.45, 2.75) is 52.4 Å². The molecule has 0 amide bonds. The van der Waals surface area contributed by atoms with Gasteiger partial charge in [0, 0.05) is 11.8 Å². The average molecular weight is 261 g/mol. The van der Waals surface area contributed by atoms with Crippen LogP contribution in [0.2, 0.25) is 0 Å². The molecule has 0 aliphatic heterocycles. The predicted octanol–water partition coefficient (Wildman–Crippen LogP) is 4.60. The number of anilines is 1. The van der Waals surface area contributed by atoms with Crippen LogP contribution in [0.3, 0.4) is 0 Å². The van der Waals surface area contributed by atoms with Crippen LogP contribution >= 0.6 is 0 Å². The van der Waals surface area contributed by atoms with Gasteiger partial charge in [-0.05, 0) is 54.6 Å². The second-order valence-corrected chi connectivity index (χ2v) is 6.92. The Hall–Kier alpha value is -1.18. The summed E-state index contributed by atoms with van der Waals surface area (Å²) in [5.41, 5.74) is 8.39. The van der Waals surface area contributed by atoms with E-state index >= 15 is 0 Å². The molecule has 2 rings (SSSR count). The normalized spacial score (nSPS) is 24.2. The zero-order valence-corrected chi connectivity index (χ0v) is 12.7. The summed E-state index contributed by atoms with van der Waals surface area (Å²) in [6.07, 6.45) is 5.17. The van der Waals surface area contributed by atoms with Gasteiger partial charge >= 0.3 is 0 Å². The maximum atomic E-state index is 5.83. The van der Waals surface area contributed by atoms with Crippen LogP contribution in [-0.4, -0.2) is 7.11 Å². The highest BCUT2D eigenvalue weighted by atomic mass is 16.5. The summed E-state index contributed by atoms with van der Waals surface area (Å²) >= 11 is 0. The minimum absolute atomic E-state index is 0.441. The fourth-order valence-corrected chi connectivity index (χ4v) is 3.34. The third-order valence-electron chi connectivity index (χ3n) is 4.65. The highest BCUT2D eigenvalue weighted by Crippen LogP contribution is 2.45. The Kier molecular flexibility index (Phi) is 4.07. The van der Waals surface area contributed by atoms with Gasteiger partial charge in [0.25, 0.3) is 0 Å². The van der Waals surface area contributed by atoms with Gasteiger partial charge in [0.2, 0.25) is 0 Å². The molecule has 1 aromatic rings. The molecule has 0 atom stereocenters. The Morgan fingerprint density at radius 3 is 2.26 bits per heavy atom. The number of hydrogen-bond donors (Lipinski definition) is 1. The molecule has 106 valence electrons. The standard InChI is InChI=1S/C17H27NO/c1-17(2,3)13-7-5-12(6-8-13)15-10-9-14(18)11-16(15)19-4/h9-13H,5-8,18H2,1-4H3. The number of ether oxygens (including phenoxy) is 1. The third kappa shape index (κ3) is 3.23. The number of rotatable bonds is 2. The Balaban J connectivity index is 2.10. The smallest absolute Gasteiger partial charge is 0.124 e. The van der Waals surface area contributed by atoms with Gasteiger partial charge in [-0.25, -0.2) is 0 Å². The van der Waals surface area contributed by atoms with Crippen molar-refractivity contribution in [1.82, 2.24) is 0 Å². The molecule has 0 bridgehead atoms. The van der Waals surface area contributed by atoms with E-state index in [0.717, 1.165) is 17.4 Å². The molecule has 2 heteroatoms. The second-order valence-electron chi connectivity index (χ2n) is 6.92. The molecule has 0 heterocycles. The number of nitrogen functional groups attached to an aromatic ring is 1. The molecule has 0 saturated heterocycles. The van der Waals surface area contributed by atoms with Crippen LogP contribution in [0.5, 0.6) is 5.75 Å². The lowest BCUT2D eigenvalue weighted by atomic mass is 9.68. The summed E-state index contributed by atoms with van der Waals surface area (Å²) in [4.78, 5) is 0. The second kappa shape index (κ2) is 5.44. The monoisotopic (exact) mass is 261 g/mol. The summed E-state index contributed by atoms with van der Waals surface area (Å²) in [7, 11) is 1.74. The Morgan fingerprint density at radius 2 is 1.74 bits per heavy atom. The molecule has 1 aliphatic rings. The van der Waals surface area contributed by atoms with Crippen molar-refractivity contribution in [2.24, 2.45) is 11.3 Å². The molecule has 2 N–H and O–H groups in total. The quantitative estimate of drug-likeness (QED) is 0.790. The van der Waals surface area contributed by atoms with E-state index in [-0.39, 0.29) is 0 Å². The zero-order valence-electron chi connectivity index (χ0n) is 12.7. The lowest BCUT2D eigenvalue weighted by molar-refractivity contribution is 0.168. The van der Waals surface area contributed by atoms with Gasteiger partial charge in [-0.1, -0.05) is 26.8 Å². The predicted molar refractivity (Wildman–Crippen MR) is 81.6 cm³/mol. The maximum absolute atomic E-state index is 5.83. The van der Waals surface area contributed by atoms with E-state index in [0.29, 0.717) is 11.3 Å². The minimum atomic E-state index is 0.441. The van der Waals surface area contributed by atoms with Crippen molar-refractivity contribution >= 4 is 5.69 Å². The van der Waals surface area contributed by atoms with Crippen LogP contribution in [0.25, 0.3) is 0 Å². The summed E-state index contributed by atoms with van der Waals surface area (Å²) in [6, 6.07) is 6.09. The molecule has 0 aromatic heterocycles. The lowest BCUT2D eigenvalue weighted by Crippen LogP contribution is -2.25. The van der Waals surface area contributed by atoms with Crippen LogP contribution in [-0.2, 0) is 0 Å². The average Bonchev–Trinajstić information content (AvgIpc) is 2.37. The summed E-state index contributed by atoms with van der Waals surface area (Å²) < 4.78 is 5.49. The maximum Gasteiger partial charge on any atom is 0.124 e. The van der Waals surface area contributed by atoms with Crippen LogP contribution in [0.1, 0.15) is 57.9 Å². The van der Waals surface area contributed by atoms with Gasteiger partial charge in [-0.3, -0.25) is 0 Å². The SMILES string of the molecule is COc1cc(N)ccc1C1CCC(C(C)(C)C)CC1.